The van der Waals surface area contributed by atoms with Gasteiger partial charge in [-0.2, -0.15) is 0 Å². The highest BCUT2D eigenvalue weighted by Gasteiger charge is 2.16. The largest absolute Gasteiger partial charge is 0.482 e. The zero-order valence-corrected chi connectivity index (χ0v) is 12.1. The molecule has 0 aliphatic carbocycles. The molecule has 0 atom stereocenters. The molecule has 0 aliphatic heterocycles. The van der Waals surface area contributed by atoms with Crippen LogP contribution in [0, 0.1) is 10.1 Å². The average molecular weight is 308 g/mol. The third-order valence-electron chi connectivity index (χ3n) is 2.74. The molecule has 1 heterocycles. The van der Waals surface area contributed by atoms with Crippen molar-refractivity contribution in [2.24, 2.45) is 0 Å². The number of ether oxygens (including phenoxy) is 1. The number of anilines is 1. The summed E-state index contributed by atoms with van der Waals surface area (Å²) in [6, 6.07) is 7.95. The van der Waals surface area contributed by atoms with E-state index in [-0.39, 0.29) is 18.0 Å². The van der Waals surface area contributed by atoms with E-state index in [1.807, 2.05) is 13.0 Å². The van der Waals surface area contributed by atoms with Crippen molar-refractivity contribution in [1.29, 1.82) is 0 Å². The third kappa shape index (κ3) is 3.82. The van der Waals surface area contributed by atoms with Crippen LogP contribution < -0.4 is 10.1 Å². The van der Waals surface area contributed by atoms with Gasteiger partial charge in [0, 0.05) is 29.4 Å². The molecule has 21 heavy (non-hydrogen) atoms. The number of aromatic nitrogens is 1. The van der Waals surface area contributed by atoms with Crippen LogP contribution in [0.2, 0.25) is 5.02 Å². The quantitative estimate of drug-likeness (QED) is 0.651. The fraction of sp³-hybridized carbons (Fsp3) is 0.214. The Hall–Kier alpha value is -2.34. The molecule has 0 radical (unpaired) electrons. The van der Waals surface area contributed by atoms with Crippen LogP contribution in [-0.2, 0) is 6.61 Å². The molecule has 7 heteroatoms. The van der Waals surface area contributed by atoms with Gasteiger partial charge in [0.25, 0.3) is 0 Å². The summed E-state index contributed by atoms with van der Waals surface area (Å²) in [5, 5.41) is 14.4. The Bertz CT molecular complexity index is 649. The van der Waals surface area contributed by atoms with Crippen LogP contribution in [0.25, 0.3) is 0 Å². The van der Waals surface area contributed by atoms with E-state index in [0.717, 1.165) is 12.1 Å². The highest BCUT2D eigenvalue weighted by Crippen LogP contribution is 2.30. The number of nitrogens with zero attached hydrogens (tertiary/aromatic N) is 2. The molecule has 1 aromatic carbocycles. The number of benzene rings is 1. The van der Waals surface area contributed by atoms with Gasteiger partial charge in [-0.3, -0.25) is 10.1 Å². The fourth-order valence-electron chi connectivity index (χ4n) is 1.79. The fourth-order valence-corrected chi connectivity index (χ4v) is 1.96. The Kier molecular flexibility index (Phi) is 4.94. The maximum atomic E-state index is 11.0. The van der Waals surface area contributed by atoms with E-state index in [9.17, 15) is 10.1 Å². The van der Waals surface area contributed by atoms with Crippen molar-refractivity contribution in [3.05, 3.63) is 57.2 Å². The van der Waals surface area contributed by atoms with Crippen LogP contribution in [0.4, 0.5) is 11.5 Å². The van der Waals surface area contributed by atoms with Gasteiger partial charge in [-0.05, 0) is 25.1 Å². The third-order valence-corrected chi connectivity index (χ3v) is 2.97. The van der Waals surface area contributed by atoms with Crippen LogP contribution >= 0.6 is 11.6 Å². The first kappa shape index (κ1) is 15.1. The molecule has 0 amide bonds. The van der Waals surface area contributed by atoms with Gasteiger partial charge < -0.3 is 10.1 Å². The molecule has 1 N–H and O–H groups in total. The number of nitrogens with one attached hydrogen (secondary N) is 1. The predicted molar refractivity (Wildman–Crippen MR) is 80.8 cm³/mol. The predicted octanol–water partition coefficient (Wildman–Crippen LogP) is 3.65. The summed E-state index contributed by atoms with van der Waals surface area (Å²) in [5.74, 6) is 0.882. The SMILES string of the molecule is CCNc1ncccc1COc1ccc(Cl)cc1[N+](=O)[O-]. The zero-order chi connectivity index (χ0) is 15.2. The molecule has 0 saturated carbocycles. The number of nitro benzene ring substituents is 1. The minimum atomic E-state index is -0.518. The average Bonchev–Trinajstić information content (AvgIpc) is 2.47. The van der Waals surface area contributed by atoms with Crippen molar-refractivity contribution in [2.75, 3.05) is 11.9 Å². The molecular weight excluding hydrogens is 294 g/mol. The van der Waals surface area contributed by atoms with E-state index in [1.54, 1.807) is 18.3 Å². The van der Waals surface area contributed by atoms with E-state index in [2.05, 4.69) is 10.3 Å². The minimum absolute atomic E-state index is 0.156. The lowest BCUT2D eigenvalue weighted by Crippen LogP contribution is -2.06. The summed E-state index contributed by atoms with van der Waals surface area (Å²) in [6.07, 6.45) is 1.67. The van der Waals surface area contributed by atoms with Crippen LogP contribution in [0.15, 0.2) is 36.5 Å². The highest BCUT2D eigenvalue weighted by atomic mass is 35.5. The number of halogens is 1. The second-order valence-electron chi connectivity index (χ2n) is 4.20. The molecule has 2 aromatic rings. The molecule has 1 aromatic heterocycles. The van der Waals surface area contributed by atoms with Crippen molar-refractivity contribution in [3.8, 4) is 5.75 Å². The first-order valence-electron chi connectivity index (χ1n) is 6.36. The lowest BCUT2D eigenvalue weighted by Gasteiger charge is -2.11. The molecule has 0 aliphatic rings. The summed E-state index contributed by atoms with van der Waals surface area (Å²) >= 11 is 5.76. The minimum Gasteiger partial charge on any atom is -0.482 e. The van der Waals surface area contributed by atoms with Crippen LogP contribution in [-0.4, -0.2) is 16.5 Å². The number of nitro groups is 1. The van der Waals surface area contributed by atoms with Gasteiger partial charge in [-0.1, -0.05) is 17.7 Å². The molecule has 0 bridgehead atoms. The molecule has 0 unspecified atom stereocenters. The van der Waals surface area contributed by atoms with Crippen molar-refractivity contribution in [2.45, 2.75) is 13.5 Å². The van der Waals surface area contributed by atoms with Crippen LogP contribution in [0.1, 0.15) is 12.5 Å². The molecule has 6 nitrogen and oxygen atoms in total. The normalized spacial score (nSPS) is 10.2. The standard InChI is InChI=1S/C14H14ClN3O3/c1-2-16-14-10(4-3-7-17-14)9-21-13-6-5-11(15)8-12(13)18(19)20/h3-8H,2,9H2,1H3,(H,16,17). The Balaban J connectivity index is 2.19. The van der Waals surface area contributed by atoms with Gasteiger partial charge in [0.15, 0.2) is 5.75 Å². The van der Waals surface area contributed by atoms with Crippen LogP contribution in [0.3, 0.4) is 0 Å². The van der Waals surface area contributed by atoms with Gasteiger partial charge >= 0.3 is 5.69 Å². The monoisotopic (exact) mass is 307 g/mol. The highest BCUT2D eigenvalue weighted by molar-refractivity contribution is 6.30. The van der Waals surface area contributed by atoms with E-state index in [1.165, 1.54) is 12.1 Å². The summed E-state index contributed by atoms with van der Waals surface area (Å²) in [4.78, 5) is 14.7. The van der Waals surface area contributed by atoms with Crippen molar-refractivity contribution in [1.82, 2.24) is 4.98 Å². The lowest BCUT2D eigenvalue weighted by atomic mass is 10.2. The number of hydrogen-bond donors (Lipinski definition) is 1. The number of hydrogen-bond acceptors (Lipinski definition) is 5. The molecule has 0 spiro atoms. The Morgan fingerprint density at radius 1 is 1.43 bits per heavy atom. The Morgan fingerprint density at radius 2 is 2.24 bits per heavy atom. The van der Waals surface area contributed by atoms with E-state index < -0.39 is 4.92 Å². The molecule has 110 valence electrons. The van der Waals surface area contributed by atoms with E-state index >= 15 is 0 Å². The topological polar surface area (TPSA) is 77.3 Å². The molecule has 0 fully saturated rings. The second-order valence-corrected chi connectivity index (χ2v) is 4.64. The number of rotatable bonds is 6. The van der Waals surface area contributed by atoms with E-state index in [0.29, 0.717) is 10.8 Å². The molecule has 2 rings (SSSR count). The second kappa shape index (κ2) is 6.90. The van der Waals surface area contributed by atoms with Gasteiger partial charge in [0.2, 0.25) is 0 Å². The summed E-state index contributed by atoms with van der Waals surface area (Å²) in [6.45, 7) is 2.87. The van der Waals surface area contributed by atoms with Gasteiger partial charge in [-0.15, -0.1) is 0 Å². The maximum absolute atomic E-state index is 11.0. The Morgan fingerprint density at radius 3 is 2.95 bits per heavy atom. The molecule has 0 saturated heterocycles. The van der Waals surface area contributed by atoms with Gasteiger partial charge in [-0.25, -0.2) is 4.98 Å². The Labute approximate surface area is 126 Å². The van der Waals surface area contributed by atoms with Crippen molar-refractivity contribution in [3.63, 3.8) is 0 Å². The first-order chi connectivity index (χ1) is 10.1. The molecular formula is C14H14ClN3O3. The van der Waals surface area contributed by atoms with Crippen molar-refractivity contribution < 1.29 is 9.66 Å². The number of pyridine rings is 1. The van der Waals surface area contributed by atoms with E-state index in [4.69, 9.17) is 16.3 Å². The lowest BCUT2D eigenvalue weighted by molar-refractivity contribution is -0.385. The van der Waals surface area contributed by atoms with Gasteiger partial charge in [0.1, 0.15) is 12.4 Å². The van der Waals surface area contributed by atoms with Gasteiger partial charge in [0.05, 0.1) is 4.92 Å². The smallest absolute Gasteiger partial charge is 0.312 e. The summed E-state index contributed by atoms with van der Waals surface area (Å²) in [7, 11) is 0. The maximum Gasteiger partial charge on any atom is 0.312 e. The summed E-state index contributed by atoms with van der Waals surface area (Å²) < 4.78 is 5.55. The van der Waals surface area contributed by atoms with Crippen LogP contribution in [0.5, 0.6) is 5.75 Å². The first-order valence-corrected chi connectivity index (χ1v) is 6.74. The van der Waals surface area contributed by atoms with Crippen molar-refractivity contribution >= 4 is 23.1 Å². The summed E-state index contributed by atoms with van der Waals surface area (Å²) in [5.41, 5.74) is 0.667. The zero-order valence-electron chi connectivity index (χ0n) is 11.4.